The highest BCUT2D eigenvalue weighted by molar-refractivity contribution is 7.07. The number of ether oxygens (including phenoxy) is 1. The van der Waals surface area contributed by atoms with Crippen LogP contribution >= 0.6 is 11.3 Å². The Hall–Kier alpha value is -5.75. The van der Waals surface area contributed by atoms with Gasteiger partial charge in [0.05, 0.1) is 32.2 Å². The van der Waals surface area contributed by atoms with Gasteiger partial charge in [0.2, 0.25) is 5.75 Å². The molecule has 0 saturated carbocycles. The number of halogens is 1. The van der Waals surface area contributed by atoms with Crippen molar-refractivity contribution in [2.75, 3.05) is 0 Å². The van der Waals surface area contributed by atoms with Crippen molar-refractivity contribution in [3.8, 4) is 11.5 Å². The molecule has 1 atom stereocenters. The van der Waals surface area contributed by atoms with Crippen molar-refractivity contribution in [2.24, 2.45) is 4.99 Å². The molecule has 0 N–H and O–H groups in total. The summed E-state index contributed by atoms with van der Waals surface area (Å²) in [4.78, 5) is 40.5. The van der Waals surface area contributed by atoms with Gasteiger partial charge in [0.25, 0.3) is 11.2 Å². The average molecular weight is 621 g/mol. The van der Waals surface area contributed by atoms with Gasteiger partial charge in [-0.05, 0) is 71.5 Å². The van der Waals surface area contributed by atoms with Crippen LogP contribution in [0.5, 0.6) is 11.5 Å². The number of nitrogens with zero attached hydrogens (tertiary/aromatic N) is 4. The quantitative estimate of drug-likeness (QED) is 0.167. The van der Waals surface area contributed by atoms with Gasteiger partial charge in [-0.15, -0.1) is 0 Å². The molecule has 7 rings (SSSR count). The fourth-order valence-corrected chi connectivity index (χ4v) is 6.73. The van der Waals surface area contributed by atoms with Crippen LogP contribution in [-0.2, 0) is 6.42 Å². The minimum absolute atomic E-state index is 0.141. The van der Waals surface area contributed by atoms with E-state index < -0.39 is 27.3 Å². The third kappa shape index (κ3) is 5.10. The second-order valence-corrected chi connectivity index (χ2v) is 11.5. The summed E-state index contributed by atoms with van der Waals surface area (Å²) in [7, 11) is 0. The number of hydrogen-bond acceptors (Lipinski definition) is 8. The summed E-state index contributed by atoms with van der Waals surface area (Å²) in [6.45, 7) is 0. The van der Waals surface area contributed by atoms with Gasteiger partial charge in [0, 0.05) is 11.6 Å². The van der Waals surface area contributed by atoms with Gasteiger partial charge >= 0.3 is 5.69 Å². The van der Waals surface area contributed by atoms with E-state index in [-0.39, 0.29) is 22.9 Å². The van der Waals surface area contributed by atoms with Gasteiger partial charge in [0.15, 0.2) is 4.80 Å². The summed E-state index contributed by atoms with van der Waals surface area (Å²) in [5.74, 6) is -0.226. The number of nitro benzene ring substituents is 2. The van der Waals surface area contributed by atoms with Crippen LogP contribution in [0.3, 0.4) is 0 Å². The lowest BCUT2D eigenvalue weighted by Crippen LogP contribution is -2.38. The summed E-state index contributed by atoms with van der Waals surface area (Å²) in [5, 5.41) is 22.5. The van der Waals surface area contributed by atoms with E-state index in [0.717, 1.165) is 41.0 Å². The predicted octanol–water partition coefficient (Wildman–Crippen LogP) is 6.07. The second-order valence-electron chi connectivity index (χ2n) is 10.5. The van der Waals surface area contributed by atoms with Crippen LogP contribution in [0.2, 0.25) is 0 Å². The standard InChI is InChI=1S/C33H21FN4O6S/c34-22-10-7-21(8-11-22)31-26-15-9-20-3-1-2-4-25(20)30(26)35-33-36(31)32(39)29(45-33)17-19-5-13-24(14-6-19)44-28-16-12-23(37(40)41)18-27(28)38(42)43/h1-8,10-14,16-18,31H,9,15H2/b29-17+/t31-/m0/s1. The van der Waals surface area contributed by atoms with Crippen molar-refractivity contribution >= 4 is 34.5 Å². The van der Waals surface area contributed by atoms with E-state index in [1.807, 2.05) is 18.2 Å². The normalized spacial score (nSPS) is 15.5. The van der Waals surface area contributed by atoms with Crippen molar-refractivity contribution in [3.63, 3.8) is 0 Å². The van der Waals surface area contributed by atoms with Gasteiger partial charge in [0.1, 0.15) is 11.6 Å². The number of non-ortho nitro benzene ring substituents is 1. The molecule has 12 heteroatoms. The zero-order valence-electron chi connectivity index (χ0n) is 23.3. The zero-order chi connectivity index (χ0) is 31.2. The van der Waals surface area contributed by atoms with Crippen LogP contribution in [0.25, 0.3) is 11.8 Å². The minimum atomic E-state index is -0.744. The largest absolute Gasteiger partial charge is 0.450 e. The molecule has 0 spiro atoms. The van der Waals surface area contributed by atoms with Crippen LogP contribution in [-0.4, -0.2) is 14.4 Å². The van der Waals surface area contributed by atoms with Crippen molar-refractivity contribution in [1.82, 2.24) is 4.57 Å². The number of aromatic nitrogens is 1. The maximum atomic E-state index is 13.9. The molecule has 1 aromatic heterocycles. The lowest BCUT2D eigenvalue weighted by molar-refractivity contribution is -0.394. The monoisotopic (exact) mass is 620 g/mol. The number of fused-ring (bicyclic) bond motifs is 3. The molecular formula is C33H21FN4O6S. The van der Waals surface area contributed by atoms with Crippen LogP contribution in [0.15, 0.2) is 106 Å². The van der Waals surface area contributed by atoms with Crippen molar-refractivity contribution in [1.29, 1.82) is 0 Å². The summed E-state index contributed by atoms with van der Waals surface area (Å²) >= 11 is 1.26. The molecule has 1 aliphatic carbocycles. The maximum absolute atomic E-state index is 13.9. The molecule has 0 fully saturated rings. The molecule has 0 amide bonds. The van der Waals surface area contributed by atoms with E-state index in [0.29, 0.717) is 21.3 Å². The highest BCUT2D eigenvalue weighted by Gasteiger charge is 2.32. The predicted molar refractivity (Wildman–Crippen MR) is 165 cm³/mol. The van der Waals surface area contributed by atoms with Crippen molar-refractivity contribution < 1.29 is 19.0 Å². The average Bonchev–Trinajstić information content (AvgIpc) is 3.35. The first-order valence-corrected chi connectivity index (χ1v) is 14.7. The van der Waals surface area contributed by atoms with Crippen molar-refractivity contribution in [3.05, 3.63) is 165 Å². The Bertz CT molecular complexity index is 2240. The Morgan fingerprint density at radius 3 is 2.42 bits per heavy atom. The molecule has 2 heterocycles. The van der Waals surface area contributed by atoms with Crippen LogP contribution in [0, 0.1) is 26.0 Å². The third-order valence-corrected chi connectivity index (χ3v) is 8.80. The minimum Gasteiger partial charge on any atom is -0.450 e. The fourth-order valence-electron chi connectivity index (χ4n) is 5.73. The van der Waals surface area contributed by atoms with E-state index in [1.54, 1.807) is 47.0 Å². The first-order valence-electron chi connectivity index (χ1n) is 13.9. The molecule has 5 aromatic rings. The summed E-state index contributed by atoms with van der Waals surface area (Å²) in [6.07, 6.45) is 3.26. The van der Waals surface area contributed by atoms with Gasteiger partial charge in [-0.2, -0.15) is 0 Å². The second kappa shape index (κ2) is 11.1. The Morgan fingerprint density at radius 1 is 0.933 bits per heavy atom. The molecule has 0 saturated heterocycles. The molecule has 1 aliphatic heterocycles. The number of rotatable bonds is 6. The first-order chi connectivity index (χ1) is 21.8. The Labute approximate surface area is 257 Å². The van der Waals surface area contributed by atoms with Gasteiger partial charge in [-0.1, -0.05) is 59.9 Å². The molecule has 10 nitrogen and oxygen atoms in total. The number of aryl methyl sites for hydroxylation is 1. The van der Waals surface area contributed by atoms with E-state index >= 15 is 0 Å². The number of allylic oxidation sites excluding steroid dienone is 1. The summed E-state index contributed by atoms with van der Waals surface area (Å²) < 4.78 is 21.7. The SMILES string of the molecule is O=c1/c(=C\c2ccc(Oc3ccc([N+](=O)[O-])cc3[N+](=O)[O-])cc2)sc2n1[C@@H](c1ccc(F)cc1)C1=C(N=2)c2ccccc2CC1. The number of benzene rings is 4. The van der Waals surface area contributed by atoms with E-state index in [2.05, 4.69) is 6.07 Å². The third-order valence-electron chi connectivity index (χ3n) is 7.81. The zero-order valence-corrected chi connectivity index (χ0v) is 24.1. The Balaban J connectivity index is 1.27. The van der Waals surface area contributed by atoms with E-state index in [9.17, 15) is 29.4 Å². The van der Waals surface area contributed by atoms with E-state index in [4.69, 9.17) is 9.73 Å². The number of thiazole rings is 1. The molecule has 0 unspecified atom stereocenters. The first kappa shape index (κ1) is 28.0. The molecule has 222 valence electrons. The highest BCUT2D eigenvalue weighted by Crippen LogP contribution is 2.41. The summed E-state index contributed by atoms with van der Waals surface area (Å²) in [5.41, 5.74) is 4.40. The lowest BCUT2D eigenvalue weighted by Gasteiger charge is -2.30. The maximum Gasteiger partial charge on any atom is 0.318 e. The van der Waals surface area contributed by atoms with Gasteiger partial charge < -0.3 is 4.74 Å². The lowest BCUT2D eigenvalue weighted by atomic mass is 9.83. The smallest absolute Gasteiger partial charge is 0.318 e. The Morgan fingerprint density at radius 2 is 1.69 bits per heavy atom. The Kier molecular flexibility index (Phi) is 6.90. The molecule has 2 aliphatic rings. The van der Waals surface area contributed by atoms with Crippen molar-refractivity contribution in [2.45, 2.75) is 18.9 Å². The fraction of sp³-hybridized carbons (Fsp3) is 0.0909. The number of nitro groups is 2. The van der Waals surface area contributed by atoms with Crippen LogP contribution < -0.4 is 19.6 Å². The summed E-state index contributed by atoms with van der Waals surface area (Å²) in [6, 6.07) is 23.6. The highest BCUT2D eigenvalue weighted by atomic mass is 32.1. The van der Waals surface area contributed by atoms with Gasteiger partial charge in [-0.3, -0.25) is 29.6 Å². The molecule has 0 radical (unpaired) electrons. The van der Waals surface area contributed by atoms with Crippen LogP contribution in [0.1, 0.15) is 34.7 Å². The van der Waals surface area contributed by atoms with Crippen LogP contribution in [0.4, 0.5) is 15.8 Å². The van der Waals surface area contributed by atoms with Gasteiger partial charge in [-0.25, -0.2) is 9.38 Å². The molecule has 0 bridgehead atoms. The molecule has 45 heavy (non-hydrogen) atoms. The number of hydrogen-bond donors (Lipinski definition) is 0. The van der Waals surface area contributed by atoms with E-state index in [1.165, 1.54) is 35.1 Å². The topological polar surface area (TPSA) is 130 Å². The molecule has 4 aromatic carbocycles. The molecular weight excluding hydrogens is 599 g/mol.